The highest BCUT2D eigenvalue weighted by Gasteiger charge is 2.12. The van der Waals surface area contributed by atoms with Crippen LogP contribution in [-0.4, -0.2) is 5.91 Å². The van der Waals surface area contributed by atoms with Crippen molar-refractivity contribution in [3.63, 3.8) is 0 Å². The van der Waals surface area contributed by atoms with E-state index in [1.807, 2.05) is 0 Å². The Morgan fingerprint density at radius 3 is 2.27 bits per heavy atom. The molecule has 0 unspecified atom stereocenters. The van der Waals surface area contributed by atoms with Gasteiger partial charge in [-0.25, -0.2) is 4.39 Å². The number of benzene rings is 2. The highest BCUT2D eigenvalue weighted by molar-refractivity contribution is 6.37. The van der Waals surface area contributed by atoms with Crippen molar-refractivity contribution < 1.29 is 9.18 Å². The van der Waals surface area contributed by atoms with E-state index < -0.39 is 11.7 Å². The van der Waals surface area contributed by atoms with Gasteiger partial charge in [0, 0.05) is 21.3 Å². The van der Waals surface area contributed by atoms with Crippen LogP contribution in [0.25, 0.3) is 6.08 Å². The quantitative estimate of drug-likeness (QED) is 0.654. The SMILES string of the molecule is N#C/C(=C/c1c(Cl)cccc1Cl)C(=O)Nc1ccc(F)cc1. The summed E-state index contributed by atoms with van der Waals surface area (Å²) in [5, 5.41) is 12.3. The maximum absolute atomic E-state index is 12.8. The van der Waals surface area contributed by atoms with Gasteiger partial charge in [-0.3, -0.25) is 4.79 Å². The lowest BCUT2D eigenvalue weighted by molar-refractivity contribution is -0.112. The number of nitrogens with one attached hydrogen (secondary N) is 1. The predicted molar refractivity (Wildman–Crippen MR) is 85.1 cm³/mol. The third kappa shape index (κ3) is 3.85. The van der Waals surface area contributed by atoms with Crippen LogP contribution in [0, 0.1) is 17.1 Å². The van der Waals surface area contributed by atoms with Crippen molar-refractivity contribution in [1.29, 1.82) is 5.26 Å². The van der Waals surface area contributed by atoms with Crippen molar-refractivity contribution in [2.24, 2.45) is 0 Å². The van der Waals surface area contributed by atoms with E-state index in [0.29, 0.717) is 21.3 Å². The van der Waals surface area contributed by atoms with Gasteiger partial charge in [0.05, 0.1) is 0 Å². The fraction of sp³-hybridized carbons (Fsp3) is 0. The number of hydrogen-bond acceptors (Lipinski definition) is 2. The zero-order chi connectivity index (χ0) is 16.1. The molecule has 2 aromatic carbocycles. The number of rotatable bonds is 3. The van der Waals surface area contributed by atoms with E-state index in [4.69, 9.17) is 28.5 Å². The van der Waals surface area contributed by atoms with Gasteiger partial charge in [0.25, 0.3) is 5.91 Å². The van der Waals surface area contributed by atoms with Gasteiger partial charge in [-0.15, -0.1) is 0 Å². The van der Waals surface area contributed by atoms with Crippen molar-refractivity contribution >= 4 is 40.9 Å². The van der Waals surface area contributed by atoms with Gasteiger partial charge in [-0.1, -0.05) is 29.3 Å². The molecule has 22 heavy (non-hydrogen) atoms. The predicted octanol–water partition coefficient (Wildman–Crippen LogP) is 4.68. The molecule has 0 aliphatic carbocycles. The van der Waals surface area contributed by atoms with Crippen LogP contribution in [0.3, 0.4) is 0 Å². The van der Waals surface area contributed by atoms with Gasteiger partial charge in [0.2, 0.25) is 0 Å². The molecule has 0 saturated carbocycles. The van der Waals surface area contributed by atoms with E-state index in [0.717, 1.165) is 0 Å². The summed E-state index contributed by atoms with van der Waals surface area (Å²) in [4.78, 5) is 12.1. The highest BCUT2D eigenvalue weighted by atomic mass is 35.5. The van der Waals surface area contributed by atoms with Crippen LogP contribution in [0.1, 0.15) is 5.56 Å². The second-order valence-corrected chi connectivity index (χ2v) is 5.08. The van der Waals surface area contributed by atoms with Crippen LogP contribution >= 0.6 is 23.2 Å². The maximum Gasteiger partial charge on any atom is 0.266 e. The molecule has 0 fully saturated rings. The van der Waals surface area contributed by atoms with E-state index in [1.54, 1.807) is 24.3 Å². The second-order valence-electron chi connectivity index (χ2n) is 4.27. The van der Waals surface area contributed by atoms with E-state index in [1.165, 1.54) is 30.3 Å². The first-order chi connectivity index (χ1) is 10.5. The summed E-state index contributed by atoms with van der Waals surface area (Å²) in [5.74, 6) is -1.05. The monoisotopic (exact) mass is 334 g/mol. The number of carbonyl (C=O) groups is 1. The molecule has 1 N–H and O–H groups in total. The highest BCUT2D eigenvalue weighted by Crippen LogP contribution is 2.26. The molecule has 2 aromatic rings. The standard InChI is InChI=1S/C16H9Cl2FN2O/c17-14-2-1-3-15(18)13(14)8-10(9-20)16(22)21-12-6-4-11(19)5-7-12/h1-8H,(H,21,22)/b10-8-. The first-order valence-corrected chi connectivity index (χ1v) is 6.89. The molecule has 110 valence electrons. The zero-order valence-electron chi connectivity index (χ0n) is 11.1. The summed E-state index contributed by atoms with van der Waals surface area (Å²) in [6.45, 7) is 0. The Morgan fingerprint density at radius 2 is 1.73 bits per heavy atom. The lowest BCUT2D eigenvalue weighted by Crippen LogP contribution is -2.13. The van der Waals surface area contributed by atoms with Crippen LogP contribution in [0.5, 0.6) is 0 Å². The second kappa shape index (κ2) is 7.08. The molecule has 0 aliphatic rings. The van der Waals surface area contributed by atoms with E-state index in [2.05, 4.69) is 5.32 Å². The number of nitrogens with zero attached hydrogens (tertiary/aromatic N) is 1. The van der Waals surface area contributed by atoms with Gasteiger partial charge >= 0.3 is 0 Å². The van der Waals surface area contributed by atoms with Crippen molar-refractivity contribution in [2.75, 3.05) is 5.32 Å². The summed E-state index contributed by atoms with van der Waals surface area (Å²) in [5.41, 5.74) is 0.591. The van der Waals surface area contributed by atoms with E-state index in [-0.39, 0.29) is 5.57 Å². The van der Waals surface area contributed by atoms with Gasteiger partial charge < -0.3 is 5.32 Å². The lowest BCUT2D eigenvalue weighted by Gasteiger charge is -2.05. The minimum absolute atomic E-state index is 0.167. The molecule has 0 aromatic heterocycles. The number of anilines is 1. The molecule has 0 heterocycles. The minimum atomic E-state index is -0.634. The molecule has 0 atom stereocenters. The first-order valence-electron chi connectivity index (χ1n) is 6.14. The molecule has 3 nitrogen and oxygen atoms in total. The fourth-order valence-electron chi connectivity index (χ4n) is 1.67. The maximum atomic E-state index is 12.8. The van der Waals surface area contributed by atoms with Crippen LogP contribution in [0.4, 0.5) is 10.1 Å². The van der Waals surface area contributed by atoms with Gasteiger partial charge in [-0.2, -0.15) is 5.26 Å². The summed E-state index contributed by atoms with van der Waals surface area (Å²) in [7, 11) is 0. The molecular weight excluding hydrogens is 326 g/mol. The summed E-state index contributed by atoms with van der Waals surface area (Å²) < 4.78 is 12.8. The lowest BCUT2D eigenvalue weighted by atomic mass is 10.1. The molecule has 0 spiro atoms. The zero-order valence-corrected chi connectivity index (χ0v) is 12.6. The molecular formula is C16H9Cl2FN2O. The van der Waals surface area contributed by atoms with E-state index in [9.17, 15) is 9.18 Å². The van der Waals surface area contributed by atoms with Crippen molar-refractivity contribution in [3.8, 4) is 6.07 Å². The number of carbonyl (C=O) groups excluding carboxylic acids is 1. The van der Waals surface area contributed by atoms with Gasteiger partial charge in [-0.05, 0) is 42.5 Å². The molecule has 0 aliphatic heterocycles. The van der Waals surface area contributed by atoms with Crippen LogP contribution in [0.15, 0.2) is 48.0 Å². The average Bonchev–Trinajstić information content (AvgIpc) is 2.49. The Balaban J connectivity index is 2.28. The minimum Gasteiger partial charge on any atom is -0.321 e. The van der Waals surface area contributed by atoms with E-state index >= 15 is 0 Å². The Kier molecular flexibility index (Phi) is 5.16. The molecule has 0 bridgehead atoms. The summed E-state index contributed by atoms with van der Waals surface area (Å²) in [6, 6.07) is 11.9. The van der Waals surface area contributed by atoms with Gasteiger partial charge in [0.15, 0.2) is 0 Å². The molecule has 0 radical (unpaired) electrons. The number of halogens is 3. The smallest absolute Gasteiger partial charge is 0.266 e. The number of hydrogen-bond donors (Lipinski definition) is 1. The Bertz CT molecular complexity index is 759. The normalized spacial score (nSPS) is 10.9. The van der Waals surface area contributed by atoms with Crippen LogP contribution in [-0.2, 0) is 4.79 Å². The molecule has 0 saturated heterocycles. The Hall–Kier alpha value is -2.35. The van der Waals surface area contributed by atoms with Crippen LogP contribution in [0.2, 0.25) is 10.0 Å². The van der Waals surface area contributed by atoms with Crippen LogP contribution < -0.4 is 5.32 Å². The fourth-order valence-corrected chi connectivity index (χ4v) is 2.18. The topological polar surface area (TPSA) is 52.9 Å². The number of nitriles is 1. The number of amides is 1. The van der Waals surface area contributed by atoms with Crippen molar-refractivity contribution in [1.82, 2.24) is 0 Å². The molecule has 1 amide bonds. The summed E-state index contributed by atoms with van der Waals surface area (Å²) >= 11 is 12.0. The Labute approximate surface area is 136 Å². The van der Waals surface area contributed by atoms with Crippen molar-refractivity contribution in [3.05, 3.63) is 69.5 Å². The largest absolute Gasteiger partial charge is 0.321 e. The molecule has 6 heteroatoms. The Morgan fingerprint density at radius 1 is 1.14 bits per heavy atom. The molecule has 2 rings (SSSR count). The first kappa shape index (κ1) is 16.0. The third-order valence-corrected chi connectivity index (χ3v) is 3.41. The third-order valence-electron chi connectivity index (χ3n) is 2.76. The van der Waals surface area contributed by atoms with Gasteiger partial charge in [0.1, 0.15) is 17.5 Å². The van der Waals surface area contributed by atoms with Crippen molar-refractivity contribution in [2.45, 2.75) is 0 Å². The average molecular weight is 335 g/mol. The summed E-state index contributed by atoms with van der Waals surface area (Å²) in [6.07, 6.45) is 1.31.